The molecule has 0 radical (unpaired) electrons. The molecule has 1 aliphatic carbocycles. The molecule has 2 aliphatic rings. The number of oxazole rings is 1. The average molecular weight is 343 g/mol. The highest BCUT2D eigenvalue weighted by molar-refractivity contribution is 5.75. The Kier molecular flexibility index (Phi) is 3.99. The first kappa shape index (κ1) is 15.8. The van der Waals surface area contributed by atoms with E-state index < -0.39 is 0 Å². The molecule has 4 rings (SSSR count). The molecule has 1 aliphatic heterocycles. The number of carbonyl (C=O) groups is 1. The second-order valence-corrected chi connectivity index (χ2v) is 6.33. The molecule has 25 heavy (non-hydrogen) atoms. The molecule has 0 unspecified atom stereocenters. The number of ether oxygens (including phenoxy) is 2. The number of aromatic nitrogens is 1. The van der Waals surface area contributed by atoms with Crippen molar-refractivity contribution in [2.45, 2.75) is 38.3 Å². The van der Waals surface area contributed by atoms with Crippen molar-refractivity contribution in [3.05, 3.63) is 41.6 Å². The largest absolute Gasteiger partial charge is 0.486 e. The second kappa shape index (κ2) is 6.31. The normalized spacial score (nSPS) is 17.0. The van der Waals surface area contributed by atoms with Crippen molar-refractivity contribution in [1.82, 2.24) is 15.6 Å². The van der Waals surface area contributed by atoms with Gasteiger partial charge in [-0.05, 0) is 30.5 Å². The SMILES string of the molecule is CCc1nc(CNC(=O)NC2(c3ccc4c(c3)OCCO4)CC2)co1. The van der Waals surface area contributed by atoms with Crippen LogP contribution >= 0.6 is 0 Å². The number of carbonyl (C=O) groups excluding carboxylic acids is 1. The number of nitrogens with one attached hydrogen (secondary N) is 2. The summed E-state index contributed by atoms with van der Waals surface area (Å²) < 4.78 is 16.5. The highest BCUT2D eigenvalue weighted by atomic mass is 16.6. The Bertz CT molecular complexity index is 782. The van der Waals surface area contributed by atoms with Crippen LogP contribution in [-0.2, 0) is 18.5 Å². The number of hydrogen-bond donors (Lipinski definition) is 2. The van der Waals surface area contributed by atoms with E-state index in [4.69, 9.17) is 13.9 Å². The monoisotopic (exact) mass is 343 g/mol. The van der Waals surface area contributed by atoms with Gasteiger partial charge in [-0.15, -0.1) is 0 Å². The summed E-state index contributed by atoms with van der Waals surface area (Å²) in [6.07, 6.45) is 4.13. The van der Waals surface area contributed by atoms with Crippen molar-refractivity contribution in [2.75, 3.05) is 13.2 Å². The van der Waals surface area contributed by atoms with E-state index in [9.17, 15) is 4.79 Å². The minimum atomic E-state index is -0.321. The van der Waals surface area contributed by atoms with E-state index in [1.165, 1.54) is 0 Å². The number of urea groups is 1. The van der Waals surface area contributed by atoms with Gasteiger partial charge in [-0.3, -0.25) is 0 Å². The van der Waals surface area contributed by atoms with Crippen molar-refractivity contribution in [3.8, 4) is 11.5 Å². The molecule has 0 saturated heterocycles. The van der Waals surface area contributed by atoms with Gasteiger partial charge in [0.2, 0.25) is 0 Å². The van der Waals surface area contributed by atoms with Crippen molar-refractivity contribution >= 4 is 6.03 Å². The van der Waals surface area contributed by atoms with Gasteiger partial charge in [0.05, 0.1) is 17.8 Å². The fraction of sp³-hybridized carbons (Fsp3) is 0.444. The number of amides is 2. The smallest absolute Gasteiger partial charge is 0.315 e. The summed E-state index contributed by atoms with van der Waals surface area (Å²) >= 11 is 0. The van der Waals surface area contributed by atoms with Gasteiger partial charge in [0.1, 0.15) is 19.5 Å². The van der Waals surface area contributed by atoms with E-state index in [1.807, 2.05) is 25.1 Å². The summed E-state index contributed by atoms with van der Waals surface area (Å²) in [4.78, 5) is 16.6. The Hall–Kier alpha value is -2.70. The van der Waals surface area contributed by atoms with Gasteiger partial charge in [0, 0.05) is 6.42 Å². The number of nitrogens with zero attached hydrogens (tertiary/aromatic N) is 1. The molecule has 7 nitrogen and oxygen atoms in total. The Morgan fingerprint density at radius 2 is 2.04 bits per heavy atom. The molecule has 1 aromatic heterocycles. The number of rotatable bonds is 5. The Labute approximate surface area is 145 Å². The van der Waals surface area contributed by atoms with Crippen LogP contribution in [0.2, 0.25) is 0 Å². The number of fused-ring (bicyclic) bond motifs is 1. The first-order valence-electron chi connectivity index (χ1n) is 8.58. The predicted molar refractivity (Wildman–Crippen MR) is 89.6 cm³/mol. The Balaban J connectivity index is 1.38. The molecule has 1 saturated carbocycles. The molecule has 0 spiro atoms. The minimum Gasteiger partial charge on any atom is -0.486 e. The summed E-state index contributed by atoms with van der Waals surface area (Å²) in [6.45, 7) is 3.43. The van der Waals surface area contributed by atoms with Crippen LogP contribution in [0.25, 0.3) is 0 Å². The molecule has 2 amide bonds. The van der Waals surface area contributed by atoms with Gasteiger partial charge >= 0.3 is 6.03 Å². The highest BCUT2D eigenvalue weighted by Crippen LogP contribution is 2.47. The molecule has 1 aromatic carbocycles. The predicted octanol–water partition coefficient (Wildman–Crippen LogP) is 2.50. The zero-order valence-electron chi connectivity index (χ0n) is 14.1. The quantitative estimate of drug-likeness (QED) is 0.871. The molecule has 132 valence electrons. The lowest BCUT2D eigenvalue weighted by molar-refractivity contribution is 0.171. The second-order valence-electron chi connectivity index (χ2n) is 6.33. The lowest BCUT2D eigenvalue weighted by Gasteiger charge is -2.22. The van der Waals surface area contributed by atoms with Gasteiger partial charge in [-0.2, -0.15) is 0 Å². The molecule has 0 atom stereocenters. The topological polar surface area (TPSA) is 85.6 Å². The first-order chi connectivity index (χ1) is 12.2. The van der Waals surface area contributed by atoms with Crippen LogP contribution in [0.3, 0.4) is 0 Å². The number of hydrogen-bond acceptors (Lipinski definition) is 5. The van der Waals surface area contributed by atoms with Crippen LogP contribution in [0.5, 0.6) is 11.5 Å². The Morgan fingerprint density at radius 3 is 2.76 bits per heavy atom. The van der Waals surface area contributed by atoms with Crippen LogP contribution in [0, 0.1) is 0 Å². The van der Waals surface area contributed by atoms with Gasteiger partial charge < -0.3 is 24.5 Å². The number of benzene rings is 1. The van der Waals surface area contributed by atoms with E-state index >= 15 is 0 Å². The molecular formula is C18H21N3O4. The third-order valence-corrected chi connectivity index (χ3v) is 4.53. The summed E-state index contributed by atoms with van der Waals surface area (Å²) in [5.41, 5.74) is 1.44. The lowest BCUT2D eigenvalue weighted by atomic mass is 10.0. The summed E-state index contributed by atoms with van der Waals surface area (Å²) in [7, 11) is 0. The zero-order valence-corrected chi connectivity index (χ0v) is 14.1. The van der Waals surface area contributed by atoms with Crippen molar-refractivity contribution in [2.24, 2.45) is 0 Å². The number of aryl methyl sites for hydroxylation is 1. The first-order valence-corrected chi connectivity index (χ1v) is 8.58. The van der Waals surface area contributed by atoms with E-state index in [0.717, 1.165) is 42.0 Å². The van der Waals surface area contributed by atoms with Crippen LogP contribution in [-0.4, -0.2) is 24.2 Å². The molecular weight excluding hydrogens is 322 g/mol. The molecule has 1 fully saturated rings. The van der Waals surface area contributed by atoms with Crippen molar-refractivity contribution < 1.29 is 18.7 Å². The molecule has 7 heteroatoms. The molecule has 2 aromatic rings. The van der Waals surface area contributed by atoms with E-state index in [1.54, 1.807) is 6.26 Å². The van der Waals surface area contributed by atoms with E-state index in [2.05, 4.69) is 15.6 Å². The van der Waals surface area contributed by atoms with Crippen molar-refractivity contribution in [1.29, 1.82) is 0 Å². The minimum absolute atomic E-state index is 0.214. The Morgan fingerprint density at radius 1 is 1.24 bits per heavy atom. The molecule has 0 bridgehead atoms. The van der Waals surface area contributed by atoms with E-state index in [0.29, 0.717) is 25.6 Å². The maximum Gasteiger partial charge on any atom is 0.315 e. The maximum absolute atomic E-state index is 12.3. The van der Waals surface area contributed by atoms with Crippen LogP contribution in [0.15, 0.2) is 28.9 Å². The third kappa shape index (κ3) is 3.26. The summed E-state index contributed by atoms with van der Waals surface area (Å²) in [5.74, 6) is 2.17. The van der Waals surface area contributed by atoms with Crippen LogP contribution in [0.1, 0.15) is 36.9 Å². The maximum atomic E-state index is 12.3. The van der Waals surface area contributed by atoms with Gasteiger partial charge in [0.25, 0.3) is 0 Å². The average Bonchev–Trinajstić information content (AvgIpc) is 3.27. The fourth-order valence-corrected chi connectivity index (χ4v) is 2.98. The van der Waals surface area contributed by atoms with Gasteiger partial charge in [0.15, 0.2) is 17.4 Å². The van der Waals surface area contributed by atoms with Gasteiger partial charge in [-0.25, -0.2) is 9.78 Å². The summed E-state index contributed by atoms with van der Waals surface area (Å²) in [6, 6.07) is 5.65. The van der Waals surface area contributed by atoms with E-state index in [-0.39, 0.29) is 11.6 Å². The van der Waals surface area contributed by atoms with Gasteiger partial charge in [-0.1, -0.05) is 13.0 Å². The highest BCUT2D eigenvalue weighted by Gasteiger charge is 2.46. The zero-order chi connectivity index (χ0) is 17.3. The van der Waals surface area contributed by atoms with Crippen molar-refractivity contribution in [3.63, 3.8) is 0 Å². The third-order valence-electron chi connectivity index (χ3n) is 4.53. The molecule has 2 N–H and O–H groups in total. The standard InChI is InChI=1S/C18H21N3O4/c1-2-16-20-13(11-25-16)10-19-17(22)21-18(5-6-18)12-3-4-14-15(9-12)24-8-7-23-14/h3-4,9,11H,2,5-8,10H2,1H3,(H2,19,21,22). The van der Waals surface area contributed by atoms with Crippen LogP contribution in [0.4, 0.5) is 4.79 Å². The summed E-state index contributed by atoms with van der Waals surface area (Å²) in [5, 5.41) is 5.91. The molecule has 2 heterocycles. The lowest BCUT2D eigenvalue weighted by Crippen LogP contribution is -2.42. The fourth-order valence-electron chi connectivity index (χ4n) is 2.98. The van der Waals surface area contributed by atoms with Crippen LogP contribution < -0.4 is 20.1 Å².